The Morgan fingerprint density at radius 2 is 1.97 bits per heavy atom. The van der Waals surface area contributed by atoms with Crippen LogP contribution < -0.4 is 15.0 Å². The van der Waals surface area contributed by atoms with Crippen LogP contribution in [0, 0.1) is 6.92 Å². The van der Waals surface area contributed by atoms with Crippen LogP contribution in [0.3, 0.4) is 0 Å². The lowest BCUT2D eigenvalue weighted by Gasteiger charge is -2.29. The van der Waals surface area contributed by atoms with Crippen molar-refractivity contribution in [3.05, 3.63) is 58.1 Å². The summed E-state index contributed by atoms with van der Waals surface area (Å²) in [6, 6.07) is 9.34. The SMILES string of the molecule is Cc1ccc(N(C)C(=O)Oc2ccc3c(c2)C(=O)N([C@H]2CCC(=O)NC2=O)C3)cc1Cl. The predicted octanol–water partition coefficient (Wildman–Crippen LogP) is 3.04. The maximum absolute atomic E-state index is 12.9. The minimum absolute atomic E-state index is 0.189. The van der Waals surface area contributed by atoms with E-state index in [9.17, 15) is 19.2 Å². The number of nitrogens with zero attached hydrogens (tertiary/aromatic N) is 2. The van der Waals surface area contributed by atoms with E-state index in [4.69, 9.17) is 16.3 Å². The van der Waals surface area contributed by atoms with Crippen LogP contribution >= 0.6 is 11.6 Å². The van der Waals surface area contributed by atoms with Gasteiger partial charge in [0, 0.05) is 36.3 Å². The summed E-state index contributed by atoms with van der Waals surface area (Å²) in [6.07, 6.45) is -0.155. The van der Waals surface area contributed by atoms with Crippen LogP contribution in [0.1, 0.15) is 34.3 Å². The van der Waals surface area contributed by atoms with Gasteiger partial charge in [-0.1, -0.05) is 23.7 Å². The first-order chi connectivity index (χ1) is 14.7. The Kier molecular flexibility index (Phi) is 5.41. The summed E-state index contributed by atoms with van der Waals surface area (Å²) >= 11 is 6.13. The summed E-state index contributed by atoms with van der Waals surface area (Å²) in [5.41, 5.74) is 2.57. The van der Waals surface area contributed by atoms with Crippen LogP contribution in [0.2, 0.25) is 5.02 Å². The van der Waals surface area contributed by atoms with Gasteiger partial charge in [-0.05, 0) is 48.7 Å². The van der Waals surface area contributed by atoms with Crippen LogP contribution in [0.4, 0.5) is 10.5 Å². The summed E-state index contributed by atoms with van der Waals surface area (Å²) in [5, 5.41) is 2.81. The minimum atomic E-state index is -0.694. The second-order valence-electron chi connectivity index (χ2n) is 7.58. The van der Waals surface area contributed by atoms with E-state index < -0.39 is 18.0 Å². The standard InChI is InChI=1S/C22H20ClN3O5/c1-12-3-5-14(9-17(12)23)25(2)22(30)31-15-6-4-13-11-26(21(29)16(13)10-15)18-7-8-19(27)24-20(18)28/h3-6,9-10,18H,7-8,11H2,1-2H3,(H,24,27,28)/t18-/m0/s1. The first-order valence-corrected chi connectivity index (χ1v) is 10.1. The molecule has 1 N–H and O–H groups in total. The first kappa shape index (κ1) is 20.9. The molecule has 2 aliphatic rings. The van der Waals surface area contributed by atoms with Crippen molar-refractivity contribution in [1.82, 2.24) is 10.2 Å². The Balaban J connectivity index is 1.48. The highest BCUT2D eigenvalue weighted by Gasteiger charge is 2.39. The number of benzene rings is 2. The molecule has 1 saturated heterocycles. The van der Waals surface area contributed by atoms with Crippen molar-refractivity contribution in [2.24, 2.45) is 0 Å². The lowest BCUT2D eigenvalue weighted by Crippen LogP contribution is -2.52. The number of nitrogens with one attached hydrogen (secondary N) is 1. The third kappa shape index (κ3) is 3.98. The quantitative estimate of drug-likeness (QED) is 0.738. The van der Waals surface area contributed by atoms with Crippen molar-refractivity contribution in [1.29, 1.82) is 0 Å². The van der Waals surface area contributed by atoms with Crippen LogP contribution in [-0.4, -0.2) is 41.8 Å². The van der Waals surface area contributed by atoms with Crippen molar-refractivity contribution in [3.63, 3.8) is 0 Å². The summed E-state index contributed by atoms with van der Waals surface area (Å²) in [7, 11) is 1.56. The number of amides is 4. The highest BCUT2D eigenvalue weighted by molar-refractivity contribution is 6.31. The van der Waals surface area contributed by atoms with Crippen LogP contribution in [0.25, 0.3) is 0 Å². The number of anilines is 1. The van der Waals surface area contributed by atoms with Gasteiger partial charge in [0.1, 0.15) is 11.8 Å². The number of rotatable bonds is 3. The second kappa shape index (κ2) is 8.03. The van der Waals surface area contributed by atoms with E-state index in [1.165, 1.54) is 15.9 Å². The normalized spacial score (nSPS) is 18.0. The molecule has 8 nitrogen and oxygen atoms in total. The number of halogens is 1. The molecular weight excluding hydrogens is 422 g/mol. The van der Waals surface area contributed by atoms with E-state index in [-0.39, 0.29) is 37.0 Å². The molecule has 2 aliphatic heterocycles. The van der Waals surface area contributed by atoms with Gasteiger partial charge in [-0.2, -0.15) is 0 Å². The fourth-order valence-corrected chi connectivity index (χ4v) is 3.84. The highest BCUT2D eigenvalue weighted by Crippen LogP contribution is 2.30. The van der Waals surface area contributed by atoms with Gasteiger partial charge in [0.15, 0.2) is 0 Å². The average Bonchev–Trinajstić information content (AvgIpc) is 3.05. The van der Waals surface area contributed by atoms with Gasteiger partial charge in [0.2, 0.25) is 11.8 Å². The summed E-state index contributed by atoms with van der Waals surface area (Å²) < 4.78 is 5.44. The highest BCUT2D eigenvalue weighted by atomic mass is 35.5. The first-order valence-electron chi connectivity index (χ1n) is 9.74. The smallest absolute Gasteiger partial charge is 0.410 e. The maximum atomic E-state index is 12.9. The van der Waals surface area contributed by atoms with Crippen LogP contribution in [0.5, 0.6) is 5.75 Å². The number of hydrogen-bond acceptors (Lipinski definition) is 5. The maximum Gasteiger partial charge on any atom is 0.419 e. The van der Waals surface area contributed by atoms with Crippen molar-refractivity contribution >= 4 is 41.1 Å². The molecule has 9 heteroatoms. The molecule has 0 unspecified atom stereocenters. The van der Waals surface area contributed by atoms with Gasteiger partial charge in [0.25, 0.3) is 5.91 Å². The Labute approximate surface area is 183 Å². The molecule has 0 aliphatic carbocycles. The largest absolute Gasteiger partial charge is 0.419 e. The topological polar surface area (TPSA) is 96.0 Å². The van der Waals surface area contributed by atoms with Gasteiger partial charge >= 0.3 is 6.09 Å². The fraction of sp³-hybridized carbons (Fsp3) is 0.273. The molecule has 0 saturated carbocycles. The third-order valence-corrected chi connectivity index (χ3v) is 5.93. The number of hydrogen-bond donors (Lipinski definition) is 1. The van der Waals surface area contributed by atoms with Crippen molar-refractivity contribution in [2.75, 3.05) is 11.9 Å². The molecular formula is C22H20ClN3O5. The molecule has 0 spiro atoms. The van der Waals surface area contributed by atoms with Gasteiger partial charge < -0.3 is 9.64 Å². The molecule has 4 rings (SSSR count). The Morgan fingerprint density at radius 1 is 1.19 bits per heavy atom. The van der Waals surface area contributed by atoms with Gasteiger partial charge in [-0.3, -0.25) is 24.6 Å². The van der Waals surface area contributed by atoms with Crippen molar-refractivity contribution < 1.29 is 23.9 Å². The molecule has 2 heterocycles. The Morgan fingerprint density at radius 3 is 2.68 bits per heavy atom. The molecule has 2 aromatic rings. The number of aryl methyl sites for hydroxylation is 1. The van der Waals surface area contributed by atoms with E-state index in [0.29, 0.717) is 16.3 Å². The molecule has 31 heavy (non-hydrogen) atoms. The number of ether oxygens (including phenoxy) is 1. The molecule has 0 radical (unpaired) electrons. The molecule has 0 bridgehead atoms. The third-order valence-electron chi connectivity index (χ3n) is 5.52. The molecule has 2 aromatic carbocycles. The van der Waals surface area contributed by atoms with Crippen molar-refractivity contribution in [3.8, 4) is 5.75 Å². The number of fused-ring (bicyclic) bond motifs is 1. The number of carbonyl (C=O) groups is 4. The van der Waals surface area contributed by atoms with Crippen molar-refractivity contribution in [2.45, 2.75) is 32.4 Å². The van der Waals surface area contributed by atoms with Gasteiger partial charge in [-0.25, -0.2) is 4.79 Å². The minimum Gasteiger partial charge on any atom is -0.410 e. The van der Waals surface area contributed by atoms with E-state index in [1.807, 2.05) is 6.92 Å². The van der Waals surface area contributed by atoms with E-state index in [1.54, 1.807) is 37.4 Å². The molecule has 1 atom stereocenters. The average molecular weight is 442 g/mol. The van der Waals surface area contributed by atoms with E-state index in [0.717, 1.165) is 11.1 Å². The van der Waals surface area contributed by atoms with Gasteiger partial charge in [-0.15, -0.1) is 0 Å². The number of imide groups is 1. The van der Waals surface area contributed by atoms with E-state index >= 15 is 0 Å². The predicted molar refractivity (Wildman–Crippen MR) is 113 cm³/mol. The lowest BCUT2D eigenvalue weighted by molar-refractivity contribution is -0.136. The summed E-state index contributed by atoms with van der Waals surface area (Å²) in [6.45, 7) is 2.13. The van der Waals surface area contributed by atoms with Crippen LogP contribution in [0.15, 0.2) is 36.4 Å². The monoisotopic (exact) mass is 441 g/mol. The molecule has 160 valence electrons. The lowest BCUT2D eigenvalue weighted by atomic mass is 10.0. The van der Waals surface area contributed by atoms with Gasteiger partial charge in [0.05, 0.1) is 0 Å². The zero-order valence-corrected chi connectivity index (χ0v) is 17.7. The van der Waals surface area contributed by atoms with E-state index in [2.05, 4.69) is 5.32 Å². The fourth-order valence-electron chi connectivity index (χ4n) is 3.66. The van der Waals surface area contributed by atoms with Crippen LogP contribution in [-0.2, 0) is 16.1 Å². The summed E-state index contributed by atoms with van der Waals surface area (Å²) in [5.74, 6) is -0.922. The Hall–Kier alpha value is -3.39. The Bertz CT molecular complexity index is 1120. The number of carbonyl (C=O) groups excluding carboxylic acids is 4. The molecule has 1 fully saturated rings. The zero-order valence-electron chi connectivity index (χ0n) is 17.0. The molecule has 4 amide bonds. The summed E-state index contributed by atoms with van der Waals surface area (Å²) in [4.78, 5) is 51.7. The second-order valence-corrected chi connectivity index (χ2v) is 7.99. The number of piperidine rings is 1. The zero-order chi connectivity index (χ0) is 22.3. The molecule has 0 aromatic heterocycles.